The summed E-state index contributed by atoms with van der Waals surface area (Å²) in [6, 6.07) is 12.1. The molecule has 0 atom stereocenters. The molecular weight excluding hydrogens is 422 g/mol. The van der Waals surface area contributed by atoms with E-state index in [1.165, 1.54) is 4.90 Å². The van der Waals surface area contributed by atoms with Crippen LogP contribution in [0.3, 0.4) is 0 Å². The average molecular weight is 442 g/mol. The standard InChI is InChI=1S/C21H20ClN5O4/c1-27(9-10-28)20(29)13-3-2-4-14(11-13)24-21-23-8-7-17(26-21)25-18-15(22)5-6-16-19(18)31-12-30-16/h2-8,11,28H,9-10,12H2,1H3,(H2,23,24,25,26). The van der Waals surface area contributed by atoms with E-state index < -0.39 is 0 Å². The number of carbonyl (C=O) groups is 1. The number of ether oxygens (including phenoxy) is 2. The summed E-state index contributed by atoms with van der Waals surface area (Å²) in [6.07, 6.45) is 1.59. The number of hydrogen-bond donors (Lipinski definition) is 3. The molecular formula is C21H20ClN5O4. The summed E-state index contributed by atoms with van der Waals surface area (Å²) in [6.45, 7) is 0.289. The third kappa shape index (κ3) is 4.62. The second-order valence-corrected chi connectivity index (χ2v) is 7.11. The zero-order valence-electron chi connectivity index (χ0n) is 16.6. The van der Waals surface area contributed by atoms with Gasteiger partial charge in [0.1, 0.15) is 11.5 Å². The van der Waals surface area contributed by atoms with Crippen LogP contribution >= 0.6 is 11.6 Å². The lowest BCUT2D eigenvalue weighted by Gasteiger charge is -2.16. The Labute approximate surface area is 183 Å². The number of amides is 1. The molecule has 2 heterocycles. The number of halogens is 1. The van der Waals surface area contributed by atoms with E-state index in [0.29, 0.717) is 45.2 Å². The monoisotopic (exact) mass is 441 g/mol. The van der Waals surface area contributed by atoms with Gasteiger partial charge in [0.25, 0.3) is 5.91 Å². The van der Waals surface area contributed by atoms with Gasteiger partial charge in [-0.15, -0.1) is 0 Å². The Morgan fingerprint density at radius 1 is 1.23 bits per heavy atom. The van der Waals surface area contributed by atoms with Gasteiger partial charge in [-0.25, -0.2) is 4.98 Å². The van der Waals surface area contributed by atoms with Crippen LogP contribution in [0.25, 0.3) is 0 Å². The van der Waals surface area contributed by atoms with Crippen LogP contribution in [0.2, 0.25) is 5.02 Å². The number of nitrogens with one attached hydrogen (secondary N) is 2. The zero-order valence-corrected chi connectivity index (χ0v) is 17.4. The van der Waals surface area contributed by atoms with E-state index in [9.17, 15) is 4.79 Å². The second kappa shape index (κ2) is 9.07. The zero-order chi connectivity index (χ0) is 21.8. The summed E-state index contributed by atoms with van der Waals surface area (Å²) in [7, 11) is 1.64. The van der Waals surface area contributed by atoms with Crippen molar-refractivity contribution in [3.05, 3.63) is 59.2 Å². The van der Waals surface area contributed by atoms with Gasteiger partial charge in [0, 0.05) is 31.0 Å². The Kier molecular flexibility index (Phi) is 6.06. The summed E-state index contributed by atoms with van der Waals surface area (Å²) in [5, 5.41) is 15.7. The van der Waals surface area contributed by atoms with E-state index in [-0.39, 0.29) is 25.9 Å². The Balaban J connectivity index is 1.52. The highest BCUT2D eigenvalue weighted by Gasteiger charge is 2.21. The first-order valence-electron chi connectivity index (χ1n) is 9.47. The van der Waals surface area contributed by atoms with Gasteiger partial charge in [0.05, 0.1) is 11.6 Å². The molecule has 10 heteroatoms. The van der Waals surface area contributed by atoms with E-state index in [4.69, 9.17) is 26.2 Å². The lowest BCUT2D eigenvalue weighted by Crippen LogP contribution is -2.29. The Bertz CT molecular complexity index is 1110. The van der Waals surface area contributed by atoms with Gasteiger partial charge in [-0.2, -0.15) is 4.98 Å². The quantitative estimate of drug-likeness (QED) is 0.511. The molecule has 0 aliphatic carbocycles. The van der Waals surface area contributed by atoms with Crippen LogP contribution in [0, 0.1) is 0 Å². The number of aliphatic hydroxyl groups excluding tert-OH is 1. The molecule has 9 nitrogen and oxygen atoms in total. The molecule has 3 N–H and O–H groups in total. The molecule has 31 heavy (non-hydrogen) atoms. The van der Waals surface area contributed by atoms with Crippen LogP contribution in [0.5, 0.6) is 11.5 Å². The maximum Gasteiger partial charge on any atom is 0.253 e. The minimum atomic E-state index is -0.191. The molecule has 0 spiro atoms. The largest absolute Gasteiger partial charge is 0.454 e. The number of likely N-dealkylation sites (N-methyl/N-ethyl adjacent to an activating group) is 1. The Hall–Kier alpha value is -3.56. The van der Waals surface area contributed by atoms with Crippen molar-refractivity contribution in [3.63, 3.8) is 0 Å². The first-order valence-corrected chi connectivity index (χ1v) is 9.84. The van der Waals surface area contributed by atoms with Crippen molar-refractivity contribution >= 4 is 40.6 Å². The van der Waals surface area contributed by atoms with E-state index in [1.54, 1.807) is 55.7 Å². The highest BCUT2D eigenvalue weighted by atomic mass is 35.5. The van der Waals surface area contributed by atoms with Gasteiger partial charge in [-0.1, -0.05) is 17.7 Å². The molecule has 2 aromatic carbocycles. The minimum Gasteiger partial charge on any atom is -0.454 e. The molecule has 3 aromatic rings. The lowest BCUT2D eigenvalue weighted by molar-refractivity contribution is 0.0767. The van der Waals surface area contributed by atoms with E-state index in [2.05, 4.69) is 20.6 Å². The van der Waals surface area contributed by atoms with Crippen LogP contribution < -0.4 is 20.1 Å². The molecule has 4 rings (SSSR count). The average Bonchev–Trinajstić information content (AvgIpc) is 3.25. The lowest BCUT2D eigenvalue weighted by atomic mass is 10.2. The molecule has 0 unspecified atom stereocenters. The number of anilines is 4. The molecule has 0 saturated heterocycles. The van der Waals surface area contributed by atoms with Crippen molar-refractivity contribution in [2.75, 3.05) is 37.6 Å². The highest BCUT2D eigenvalue weighted by Crippen LogP contribution is 2.44. The van der Waals surface area contributed by atoms with Crippen molar-refractivity contribution in [2.24, 2.45) is 0 Å². The minimum absolute atomic E-state index is 0.0976. The first-order chi connectivity index (χ1) is 15.0. The number of rotatable bonds is 7. The van der Waals surface area contributed by atoms with Crippen molar-refractivity contribution in [1.82, 2.24) is 14.9 Å². The van der Waals surface area contributed by atoms with Gasteiger partial charge in [-0.3, -0.25) is 4.79 Å². The van der Waals surface area contributed by atoms with E-state index in [0.717, 1.165) is 0 Å². The number of nitrogens with zero attached hydrogens (tertiary/aromatic N) is 3. The number of fused-ring (bicyclic) bond motifs is 1. The number of aliphatic hydroxyl groups is 1. The number of aromatic nitrogens is 2. The maximum absolute atomic E-state index is 12.4. The molecule has 1 aliphatic heterocycles. The van der Waals surface area contributed by atoms with Crippen LogP contribution in [0.15, 0.2) is 48.7 Å². The fourth-order valence-corrected chi connectivity index (χ4v) is 3.21. The summed E-state index contributed by atoms with van der Waals surface area (Å²) in [5.74, 6) is 1.77. The predicted octanol–water partition coefficient (Wildman–Crippen LogP) is 3.41. The fraction of sp³-hybridized carbons (Fsp3) is 0.190. The summed E-state index contributed by atoms with van der Waals surface area (Å²) in [4.78, 5) is 22.6. The van der Waals surface area contributed by atoms with Gasteiger partial charge in [-0.05, 0) is 36.4 Å². The summed E-state index contributed by atoms with van der Waals surface area (Å²) < 4.78 is 10.9. The van der Waals surface area contributed by atoms with E-state index >= 15 is 0 Å². The van der Waals surface area contributed by atoms with Crippen molar-refractivity contribution in [3.8, 4) is 11.5 Å². The van der Waals surface area contributed by atoms with Gasteiger partial charge < -0.3 is 30.1 Å². The maximum atomic E-state index is 12.4. The predicted molar refractivity (Wildman–Crippen MR) is 117 cm³/mol. The molecule has 0 saturated carbocycles. The number of hydrogen-bond acceptors (Lipinski definition) is 8. The van der Waals surface area contributed by atoms with Gasteiger partial charge in [0.2, 0.25) is 12.7 Å². The number of benzene rings is 2. The van der Waals surface area contributed by atoms with Crippen molar-refractivity contribution < 1.29 is 19.4 Å². The molecule has 1 aromatic heterocycles. The molecule has 0 bridgehead atoms. The van der Waals surface area contributed by atoms with Crippen LogP contribution in [-0.2, 0) is 0 Å². The fourth-order valence-electron chi connectivity index (χ4n) is 3.01. The highest BCUT2D eigenvalue weighted by molar-refractivity contribution is 6.33. The smallest absolute Gasteiger partial charge is 0.253 e. The normalized spacial score (nSPS) is 11.8. The first kappa shape index (κ1) is 20.7. The van der Waals surface area contributed by atoms with Crippen molar-refractivity contribution in [2.45, 2.75) is 0 Å². The second-order valence-electron chi connectivity index (χ2n) is 6.70. The molecule has 160 valence electrons. The Morgan fingerprint density at radius 3 is 2.94 bits per heavy atom. The number of carbonyl (C=O) groups excluding carboxylic acids is 1. The summed E-state index contributed by atoms with van der Waals surface area (Å²) >= 11 is 6.31. The van der Waals surface area contributed by atoms with Crippen LogP contribution in [0.4, 0.5) is 23.1 Å². The van der Waals surface area contributed by atoms with E-state index in [1.807, 2.05) is 0 Å². The topological polar surface area (TPSA) is 109 Å². The molecule has 1 amide bonds. The third-order valence-electron chi connectivity index (χ3n) is 4.54. The van der Waals surface area contributed by atoms with Crippen molar-refractivity contribution in [1.29, 1.82) is 0 Å². The third-order valence-corrected chi connectivity index (χ3v) is 4.86. The summed E-state index contributed by atoms with van der Waals surface area (Å²) in [5.41, 5.74) is 1.69. The van der Waals surface area contributed by atoms with Gasteiger partial charge >= 0.3 is 0 Å². The van der Waals surface area contributed by atoms with Crippen LogP contribution in [-0.4, -0.2) is 52.9 Å². The van der Waals surface area contributed by atoms with Gasteiger partial charge in [0.15, 0.2) is 11.5 Å². The SMILES string of the molecule is CN(CCO)C(=O)c1cccc(Nc2nccc(Nc3c(Cl)ccc4c3OCO4)n2)c1. The molecule has 1 aliphatic rings. The molecule has 0 fully saturated rings. The van der Waals surface area contributed by atoms with Crippen LogP contribution in [0.1, 0.15) is 10.4 Å². The molecule has 0 radical (unpaired) electrons. The Morgan fingerprint density at radius 2 is 2.10 bits per heavy atom.